The average molecular weight is 470 g/mol. The van der Waals surface area contributed by atoms with Crippen LogP contribution in [-0.4, -0.2) is 33.7 Å². The molecule has 0 saturated carbocycles. The molecule has 0 aliphatic carbocycles. The Hall–Kier alpha value is -2.99. The van der Waals surface area contributed by atoms with Crippen LogP contribution in [0.5, 0.6) is 17.4 Å². The molecule has 7 heteroatoms. The second kappa shape index (κ2) is 10.8. The molecule has 1 atom stereocenters. The summed E-state index contributed by atoms with van der Waals surface area (Å²) in [5, 5.41) is 5.37. The summed E-state index contributed by atoms with van der Waals surface area (Å²) in [7, 11) is 1.63. The van der Waals surface area contributed by atoms with Gasteiger partial charge in [0.25, 0.3) is 0 Å². The molecule has 0 saturated heterocycles. The Morgan fingerprint density at radius 2 is 1.79 bits per heavy atom. The Bertz CT molecular complexity index is 1090. The SMILES string of the molecule is CC[C@H](C)N(Cc1c(C)nn(-c2cccc(Cl)c2)c1Oc1ccc(OC)cc1)C(=O)C(C)C. The average Bonchev–Trinajstić information content (AvgIpc) is 3.11. The van der Waals surface area contributed by atoms with Crippen LogP contribution in [0, 0.1) is 12.8 Å². The van der Waals surface area contributed by atoms with Crippen LogP contribution in [0.1, 0.15) is 45.4 Å². The number of halogens is 1. The van der Waals surface area contributed by atoms with Gasteiger partial charge in [-0.2, -0.15) is 5.10 Å². The molecular formula is C26H32ClN3O3. The Morgan fingerprint density at radius 1 is 1.12 bits per heavy atom. The molecule has 2 aromatic carbocycles. The second-order valence-electron chi connectivity index (χ2n) is 8.42. The fraction of sp³-hybridized carbons (Fsp3) is 0.385. The summed E-state index contributed by atoms with van der Waals surface area (Å²) in [4.78, 5) is 15.0. The zero-order valence-corrected chi connectivity index (χ0v) is 20.9. The van der Waals surface area contributed by atoms with E-state index in [0.717, 1.165) is 29.1 Å². The largest absolute Gasteiger partial charge is 0.497 e. The fourth-order valence-corrected chi connectivity index (χ4v) is 3.72. The number of aromatic nitrogens is 2. The van der Waals surface area contributed by atoms with Gasteiger partial charge in [-0.05, 0) is 62.7 Å². The van der Waals surface area contributed by atoms with Crippen LogP contribution >= 0.6 is 11.6 Å². The van der Waals surface area contributed by atoms with Crippen molar-refractivity contribution in [3.8, 4) is 23.1 Å². The molecule has 1 heterocycles. The zero-order valence-electron chi connectivity index (χ0n) is 20.1. The minimum atomic E-state index is -0.103. The summed E-state index contributed by atoms with van der Waals surface area (Å²) in [6, 6.07) is 14.9. The number of carbonyl (C=O) groups is 1. The topological polar surface area (TPSA) is 56.6 Å². The summed E-state index contributed by atoms with van der Waals surface area (Å²) in [5.74, 6) is 1.95. The van der Waals surface area contributed by atoms with Crippen LogP contribution in [0.4, 0.5) is 0 Å². The monoisotopic (exact) mass is 469 g/mol. The lowest BCUT2D eigenvalue weighted by Crippen LogP contribution is -2.40. The maximum absolute atomic E-state index is 13.0. The fourth-order valence-electron chi connectivity index (χ4n) is 3.54. The molecule has 0 bridgehead atoms. The summed E-state index contributed by atoms with van der Waals surface area (Å²) in [6.45, 7) is 10.3. The van der Waals surface area contributed by atoms with E-state index >= 15 is 0 Å². The minimum Gasteiger partial charge on any atom is -0.497 e. The lowest BCUT2D eigenvalue weighted by molar-refractivity contribution is -0.137. The van der Waals surface area contributed by atoms with Gasteiger partial charge >= 0.3 is 0 Å². The van der Waals surface area contributed by atoms with E-state index in [1.165, 1.54) is 0 Å². The van der Waals surface area contributed by atoms with Crippen LogP contribution in [0.2, 0.25) is 5.02 Å². The van der Waals surface area contributed by atoms with E-state index in [4.69, 9.17) is 26.2 Å². The Balaban J connectivity index is 2.10. The standard InChI is InChI=1S/C26H32ClN3O3/c1-7-18(4)29(25(31)17(2)3)16-24-19(5)28-30(21-10-8-9-20(27)15-21)26(24)33-23-13-11-22(32-6)12-14-23/h8-15,17-18H,7,16H2,1-6H3/t18-/m0/s1. The highest BCUT2D eigenvalue weighted by Crippen LogP contribution is 2.33. The molecule has 0 N–H and O–H groups in total. The highest BCUT2D eigenvalue weighted by atomic mass is 35.5. The molecule has 3 rings (SSSR count). The van der Waals surface area contributed by atoms with Crippen molar-refractivity contribution in [2.24, 2.45) is 5.92 Å². The predicted octanol–water partition coefficient (Wildman–Crippen LogP) is 6.42. The van der Waals surface area contributed by atoms with Crippen molar-refractivity contribution < 1.29 is 14.3 Å². The lowest BCUT2D eigenvalue weighted by atomic mass is 10.1. The molecule has 6 nitrogen and oxygen atoms in total. The maximum Gasteiger partial charge on any atom is 0.227 e. The summed E-state index contributed by atoms with van der Waals surface area (Å²) in [5.41, 5.74) is 2.44. The Morgan fingerprint density at radius 3 is 2.36 bits per heavy atom. The first kappa shape index (κ1) is 24.6. The number of rotatable bonds is 9. The molecule has 0 radical (unpaired) electrons. The van der Waals surface area contributed by atoms with Gasteiger partial charge in [-0.15, -0.1) is 0 Å². The quantitative estimate of drug-likeness (QED) is 0.363. The number of ether oxygens (including phenoxy) is 2. The summed E-state index contributed by atoms with van der Waals surface area (Å²) < 4.78 is 13.4. The van der Waals surface area contributed by atoms with Crippen LogP contribution in [0.3, 0.4) is 0 Å². The van der Waals surface area contributed by atoms with Gasteiger partial charge in [0.2, 0.25) is 11.8 Å². The van der Waals surface area contributed by atoms with Gasteiger partial charge in [-0.1, -0.05) is 38.4 Å². The van der Waals surface area contributed by atoms with Crippen LogP contribution in [0.25, 0.3) is 5.69 Å². The molecule has 0 unspecified atom stereocenters. The van der Waals surface area contributed by atoms with Gasteiger partial charge in [-0.25, -0.2) is 4.68 Å². The molecule has 33 heavy (non-hydrogen) atoms. The van der Waals surface area contributed by atoms with E-state index in [2.05, 4.69) is 13.8 Å². The highest BCUT2D eigenvalue weighted by molar-refractivity contribution is 6.30. The van der Waals surface area contributed by atoms with Gasteiger partial charge in [0.1, 0.15) is 11.5 Å². The predicted molar refractivity (Wildman–Crippen MR) is 132 cm³/mol. The minimum absolute atomic E-state index is 0.0858. The summed E-state index contributed by atoms with van der Waals surface area (Å²) in [6.07, 6.45) is 0.856. The van der Waals surface area contributed by atoms with Crippen molar-refractivity contribution >= 4 is 17.5 Å². The van der Waals surface area contributed by atoms with E-state index in [1.807, 2.05) is 74.2 Å². The molecular weight excluding hydrogens is 438 g/mol. The van der Waals surface area contributed by atoms with Crippen LogP contribution in [-0.2, 0) is 11.3 Å². The first-order valence-electron chi connectivity index (χ1n) is 11.2. The number of methoxy groups -OCH3 is 1. The van der Waals surface area contributed by atoms with E-state index in [-0.39, 0.29) is 17.9 Å². The van der Waals surface area contributed by atoms with Crippen molar-refractivity contribution in [2.45, 2.75) is 53.6 Å². The van der Waals surface area contributed by atoms with E-state index in [0.29, 0.717) is 23.2 Å². The molecule has 0 fully saturated rings. The number of carbonyl (C=O) groups excluding carboxylic acids is 1. The van der Waals surface area contributed by atoms with E-state index < -0.39 is 0 Å². The molecule has 0 aliphatic heterocycles. The van der Waals surface area contributed by atoms with Crippen molar-refractivity contribution in [1.29, 1.82) is 0 Å². The van der Waals surface area contributed by atoms with Crippen LogP contribution in [0.15, 0.2) is 48.5 Å². The Kier molecular flexibility index (Phi) is 8.03. The normalized spacial score (nSPS) is 12.0. The van der Waals surface area contributed by atoms with Gasteiger partial charge in [0.05, 0.1) is 30.6 Å². The van der Waals surface area contributed by atoms with Gasteiger partial charge in [0, 0.05) is 17.0 Å². The van der Waals surface area contributed by atoms with Crippen molar-refractivity contribution in [3.63, 3.8) is 0 Å². The molecule has 3 aromatic rings. The zero-order chi connectivity index (χ0) is 24.1. The number of benzene rings is 2. The Labute approximate surface area is 201 Å². The van der Waals surface area contributed by atoms with E-state index in [9.17, 15) is 4.79 Å². The maximum atomic E-state index is 13.0. The lowest BCUT2D eigenvalue weighted by Gasteiger charge is -2.30. The van der Waals surface area contributed by atoms with Gasteiger partial charge < -0.3 is 14.4 Å². The molecule has 0 spiro atoms. The number of aryl methyl sites for hydroxylation is 1. The number of amides is 1. The van der Waals surface area contributed by atoms with Crippen LogP contribution < -0.4 is 9.47 Å². The third-order valence-corrected chi connectivity index (χ3v) is 5.93. The smallest absolute Gasteiger partial charge is 0.227 e. The van der Waals surface area contributed by atoms with Crippen molar-refractivity contribution in [2.75, 3.05) is 7.11 Å². The number of nitrogens with zero attached hydrogens (tertiary/aromatic N) is 3. The molecule has 0 aliphatic rings. The van der Waals surface area contributed by atoms with Crippen molar-refractivity contribution in [1.82, 2.24) is 14.7 Å². The van der Waals surface area contributed by atoms with Gasteiger partial charge in [0.15, 0.2) is 0 Å². The third kappa shape index (κ3) is 5.69. The third-order valence-electron chi connectivity index (χ3n) is 5.69. The summed E-state index contributed by atoms with van der Waals surface area (Å²) >= 11 is 6.26. The van der Waals surface area contributed by atoms with Crippen molar-refractivity contribution in [3.05, 3.63) is 64.8 Å². The molecule has 1 aromatic heterocycles. The first-order valence-corrected chi connectivity index (χ1v) is 11.6. The van der Waals surface area contributed by atoms with E-state index in [1.54, 1.807) is 11.8 Å². The molecule has 1 amide bonds. The van der Waals surface area contributed by atoms with Gasteiger partial charge in [-0.3, -0.25) is 4.79 Å². The number of hydrogen-bond donors (Lipinski definition) is 0. The second-order valence-corrected chi connectivity index (χ2v) is 8.85. The first-order chi connectivity index (χ1) is 15.7. The highest BCUT2D eigenvalue weighted by Gasteiger charge is 2.27. The molecule has 176 valence electrons. The number of hydrogen-bond acceptors (Lipinski definition) is 4.